The summed E-state index contributed by atoms with van der Waals surface area (Å²) in [6.07, 6.45) is 5.23. The molecule has 4 rings (SSSR count). The highest BCUT2D eigenvalue weighted by Gasteiger charge is 2.33. The molecule has 0 aromatic carbocycles. The van der Waals surface area contributed by atoms with Gasteiger partial charge < -0.3 is 20.3 Å². The Morgan fingerprint density at radius 1 is 1.06 bits per heavy atom. The van der Waals surface area contributed by atoms with Crippen LogP contribution in [0.4, 0.5) is 10.9 Å². The molecule has 10 heteroatoms. The van der Waals surface area contributed by atoms with Gasteiger partial charge in [0.25, 0.3) is 0 Å². The van der Waals surface area contributed by atoms with Crippen molar-refractivity contribution in [1.82, 2.24) is 19.9 Å². The zero-order chi connectivity index (χ0) is 24.8. The minimum Gasteiger partial charge on any atom is -0.452 e. The molecule has 4 aromatic heterocycles. The number of aliphatic hydroxyl groups excluding tert-OH is 2. The van der Waals surface area contributed by atoms with Gasteiger partial charge >= 0.3 is 0 Å². The molecule has 0 radical (unpaired) electrons. The molecule has 0 saturated carbocycles. The predicted molar refractivity (Wildman–Crippen MR) is 138 cm³/mol. The molecule has 0 bridgehead atoms. The number of nitrogens with one attached hydrogen (secondary N) is 1. The van der Waals surface area contributed by atoms with Crippen molar-refractivity contribution in [1.29, 1.82) is 0 Å². The summed E-state index contributed by atoms with van der Waals surface area (Å²) in [6.45, 7) is 5.57. The van der Waals surface area contributed by atoms with Crippen molar-refractivity contribution in [2.24, 2.45) is 5.92 Å². The fourth-order valence-corrected chi connectivity index (χ4v) is 4.99. The van der Waals surface area contributed by atoms with Gasteiger partial charge in [0.2, 0.25) is 0 Å². The molecule has 0 spiro atoms. The van der Waals surface area contributed by atoms with Crippen molar-refractivity contribution in [2.75, 3.05) is 18.5 Å². The van der Waals surface area contributed by atoms with Crippen LogP contribution in [0.1, 0.15) is 25.2 Å². The zero-order valence-electron chi connectivity index (χ0n) is 19.7. The number of hydrogen-bond acceptors (Lipinski definition) is 10. The third-order valence-corrected chi connectivity index (χ3v) is 7.38. The lowest BCUT2D eigenvalue weighted by Gasteiger charge is -2.30. The standard InChI is InChI=1S/C25H27N5O3S2/c1-16-19(7-6-10-26-16)33-20-11-18(35-22-8-4-5-9-27-22)12-28-23(20)30-24-29-21(15-34-24)25(2,3)17(13-31)14-32/h4-12,15,17,31-32H,13-14H2,1-3H3,(H,28,29,30). The molecule has 3 N–H and O–H groups in total. The average molecular weight is 510 g/mol. The summed E-state index contributed by atoms with van der Waals surface area (Å²) in [5.41, 5.74) is 1.05. The van der Waals surface area contributed by atoms with E-state index in [9.17, 15) is 10.2 Å². The van der Waals surface area contributed by atoms with Gasteiger partial charge in [-0.2, -0.15) is 0 Å². The molecule has 182 valence electrons. The molecule has 8 nitrogen and oxygen atoms in total. The number of ether oxygens (including phenoxy) is 1. The summed E-state index contributed by atoms with van der Waals surface area (Å²) in [5.74, 6) is 1.36. The Kier molecular flexibility index (Phi) is 7.97. The Morgan fingerprint density at radius 2 is 1.86 bits per heavy atom. The van der Waals surface area contributed by atoms with Crippen LogP contribution in [0.5, 0.6) is 11.5 Å². The molecule has 0 aliphatic rings. The topological polar surface area (TPSA) is 113 Å². The number of nitrogens with zero attached hydrogens (tertiary/aromatic N) is 4. The number of pyridine rings is 3. The third-order valence-electron chi connectivity index (χ3n) is 5.72. The van der Waals surface area contributed by atoms with Gasteiger partial charge in [0, 0.05) is 59.5 Å². The minimum atomic E-state index is -0.497. The van der Waals surface area contributed by atoms with Crippen molar-refractivity contribution in [3.63, 3.8) is 0 Å². The predicted octanol–water partition coefficient (Wildman–Crippen LogP) is 5.20. The van der Waals surface area contributed by atoms with E-state index in [0.717, 1.165) is 21.3 Å². The van der Waals surface area contributed by atoms with Crippen LogP contribution in [0.3, 0.4) is 0 Å². The molecule has 0 aliphatic heterocycles. The Bertz CT molecular complexity index is 1260. The van der Waals surface area contributed by atoms with Crippen LogP contribution < -0.4 is 10.1 Å². The molecule has 0 fully saturated rings. The first-order valence-corrected chi connectivity index (χ1v) is 12.7. The number of hydrogen-bond donors (Lipinski definition) is 3. The molecule has 0 unspecified atom stereocenters. The molecule has 4 aromatic rings. The van der Waals surface area contributed by atoms with E-state index in [0.29, 0.717) is 22.4 Å². The van der Waals surface area contributed by atoms with E-state index in [-0.39, 0.29) is 19.1 Å². The fraction of sp³-hybridized carbons (Fsp3) is 0.280. The van der Waals surface area contributed by atoms with Gasteiger partial charge in [-0.25, -0.2) is 15.0 Å². The van der Waals surface area contributed by atoms with Crippen molar-refractivity contribution in [3.05, 3.63) is 71.8 Å². The second-order valence-corrected chi connectivity index (χ2v) is 10.4. The Balaban J connectivity index is 1.64. The largest absolute Gasteiger partial charge is 0.452 e. The van der Waals surface area contributed by atoms with E-state index in [4.69, 9.17) is 9.72 Å². The molecule has 0 atom stereocenters. The van der Waals surface area contributed by atoms with Crippen LogP contribution in [-0.4, -0.2) is 43.4 Å². The number of rotatable bonds is 10. The number of aliphatic hydroxyl groups is 2. The Hall–Kier alpha value is -3.05. The van der Waals surface area contributed by atoms with Crippen LogP contribution in [0.2, 0.25) is 0 Å². The van der Waals surface area contributed by atoms with Crippen LogP contribution in [0.15, 0.2) is 70.3 Å². The second-order valence-electron chi connectivity index (χ2n) is 8.42. The molecular formula is C25H27N5O3S2. The second kappa shape index (κ2) is 11.1. The van der Waals surface area contributed by atoms with Gasteiger partial charge in [-0.15, -0.1) is 11.3 Å². The van der Waals surface area contributed by atoms with Crippen LogP contribution >= 0.6 is 23.1 Å². The van der Waals surface area contributed by atoms with Gasteiger partial charge in [-0.05, 0) is 31.2 Å². The van der Waals surface area contributed by atoms with Crippen molar-refractivity contribution in [2.45, 2.75) is 36.1 Å². The summed E-state index contributed by atoms with van der Waals surface area (Å²) in [7, 11) is 0. The lowest BCUT2D eigenvalue weighted by molar-refractivity contribution is 0.0988. The summed E-state index contributed by atoms with van der Waals surface area (Å²) >= 11 is 2.92. The van der Waals surface area contributed by atoms with Gasteiger partial charge in [0.05, 0.1) is 11.4 Å². The van der Waals surface area contributed by atoms with E-state index in [1.54, 1.807) is 18.6 Å². The highest BCUT2D eigenvalue weighted by Crippen LogP contribution is 2.38. The first kappa shape index (κ1) is 25.1. The summed E-state index contributed by atoms with van der Waals surface area (Å²) in [4.78, 5) is 18.9. The van der Waals surface area contributed by atoms with Crippen molar-refractivity contribution < 1.29 is 14.9 Å². The lowest BCUT2D eigenvalue weighted by atomic mass is 9.77. The number of anilines is 2. The van der Waals surface area contributed by atoms with E-state index in [1.165, 1.54) is 23.1 Å². The normalized spacial score (nSPS) is 11.6. The summed E-state index contributed by atoms with van der Waals surface area (Å²) < 4.78 is 6.23. The average Bonchev–Trinajstić information content (AvgIpc) is 3.33. The maximum atomic E-state index is 9.66. The van der Waals surface area contributed by atoms with Crippen molar-refractivity contribution >= 4 is 34.0 Å². The number of aryl methyl sites for hydroxylation is 1. The maximum absolute atomic E-state index is 9.66. The maximum Gasteiger partial charge on any atom is 0.188 e. The van der Waals surface area contributed by atoms with E-state index in [1.807, 2.05) is 62.5 Å². The molecular weight excluding hydrogens is 482 g/mol. The molecule has 0 amide bonds. The smallest absolute Gasteiger partial charge is 0.188 e. The quantitative estimate of drug-likeness (QED) is 0.265. The molecule has 0 aliphatic carbocycles. The van der Waals surface area contributed by atoms with Crippen LogP contribution in [0, 0.1) is 12.8 Å². The van der Waals surface area contributed by atoms with E-state index >= 15 is 0 Å². The number of thiazole rings is 1. The Morgan fingerprint density at radius 3 is 2.57 bits per heavy atom. The minimum absolute atomic E-state index is 0.122. The highest BCUT2D eigenvalue weighted by molar-refractivity contribution is 7.99. The number of aromatic nitrogens is 4. The molecule has 35 heavy (non-hydrogen) atoms. The summed E-state index contributed by atoms with van der Waals surface area (Å²) in [5, 5.41) is 26.0. The van der Waals surface area contributed by atoms with Gasteiger partial charge in [-0.3, -0.25) is 4.98 Å². The first-order valence-electron chi connectivity index (χ1n) is 11.0. The fourth-order valence-electron chi connectivity index (χ4n) is 3.33. The molecule has 0 saturated heterocycles. The van der Waals surface area contributed by atoms with Crippen LogP contribution in [0.25, 0.3) is 0 Å². The van der Waals surface area contributed by atoms with Gasteiger partial charge in [-0.1, -0.05) is 31.7 Å². The van der Waals surface area contributed by atoms with Gasteiger partial charge in [0.15, 0.2) is 16.7 Å². The SMILES string of the molecule is Cc1ncccc1Oc1cc(Sc2ccccn2)cnc1Nc1nc(C(C)(C)C(CO)CO)cs1. The highest BCUT2D eigenvalue weighted by atomic mass is 32.2. The lowest BCUT2D eigenvalue weighted by Crippen LogP contribution is -2.34. The van der Waals surface area contributed by atoms with Gasteiger partial charge in [0.1, 0.15) is 10.8 Å². The Labute approximate surface area is 212 Å². The van der Waals surface area contributed by atoms with Crippen molar-refractivity contribution in [3.8, 4) is 11.5 Å². The molecule has 4 heterocycles. The van der Waals surface area contributed by atoms with E-state index < -0.39 is 5.41 Å². The van der Waals surface area contributed by atoms with E-state index in [2.05, 4.69) is 20.3 Å². The summed E-state index contributed by atoms with van der Waals surface area (Å²) in [6, 6.07) is 11.3. The zero-order valence-corrected chi connectivity index (χ0v) is 21.3. The first-order chi connectivity index (χ1) is 16.9. The third kappa shape index (κ3) is 5.96. The van der Waals surface area contributed by atoms with Crippen LogP contribution in [-0.2, 0) is 5.41 Å². The monoisotopic (exact) mass is 509 g/mol.